The molecule has 1 saturated carbocycles. The molecule has 2 heterocycles. The highest BCUT2D eigenvalue weighted by Gasteiger charge is 2.44. The molecule has 2 aromatic carbocycles. The number of aliphatic hydroxyl groups excluding tert-OH is 1. The van der Waals surface area contributed by atoms with Gasteiger partial charge in [-0.3, -0.25) is 4.79 Å². The van der Waals surface area contributed by atoms with Gasteiger partial charge >= 0.3 is 0 Å². The fourth-order valence-electron chi connectivity index (χ4n) is 7.49. The topological polar surface area (TPSA) is 95.9 Å². The molecule has 7 nitrogen and oxygen atoms in total. The van der Waals surface area contributed by atoms with Gasteiger partial charge in [0.25, 0.3) is 5.91 Å². The largest absolute Gasteiger partial charge is 0.490 e. The van der Waals surface area contributed by atoms with E-state index in [2.05, 4.69) is 21.8 Å². The maximum Gasteiger partial charge on any atom is 0.264 e. The highest BCUT2D eigenvalue weighted by atomic mass is 35.5. The summed E-state index contributed by atoms with van der Waals surface area (Å²) in [6, 6.07) is 11.4. The maximum atomic E-state index is 13.3. The van der Waals surface area contributed by atoms with Crippen LogP contribution in [0.3, 0.4) is 0 Å². The number of nitrogens with zero attached hydrogens (tertiary/aromatic N) is 1. The molecule has 2 N–H and O–H groups in total. The van der Waals surface area contributed by atoms with Crippen LogP contribution in [0.15, 0.2) is 36.4 Å². The van der Waals surface area contributed by atoms with Crippen LogP contribution in [-0.4, -0.2) is 50.5 Å². The molecule has 1 amide bonds. The molecule has 9 heteroatoms. The molecule has 4 aliphatic rings. The van der Waals surface area contributed by atoms with Crippen LogP contribution in [0.2, 0.25) is 5.02 Å². The zero-order valence-corrected chi connectivity index (χ0v) is 24.6. The van der Waals surface area contributed by atoms with E-state index in [-0.39, 0.29) is 11.3 Å². The monoisotopic (exact) mass is 586 g/mol. The average molecular weight is 587 g/mol. The molecule has 2 aliphatic carbocycles. The average Bonchev–Trinajstić information content (AvgIpc) is 3.05. The van der Waals surface area contributed by atoms with E-state index in [4.69, 9.17) is 16.3 Å². The van der Waals surface area contributed by atoms with Crippen LogP contribution >= 0.6 is 11.6 Å². The Hall–Kier alpha value is -2.29. The number of carbonyl (C=O) groups excluding carboxylic acids is 1. The van der Waals surface area contributed by atoms with E-state index in [9.17, 15) is 18.3 Å². The van der Waals surface area contributed by atoms with Crippen LogP contribution in [0.1, 0.15) is 79.8 Å². The van der Waals surface area contributed by atoms with Crippen molar-refractivity contribution < 1.29 is 23.1 Å². The standard InChI is InChI=1S/C31H39ClN2O5S/c1-2-24-6-3-7-28(35)25-11-8-22(25)17-34-18-31(14-4-5-20-15-23(32)10-12-26(20)31)19-39-29-13-9-21(16-27(29)34)30(36)33-40(24,37)38/h9-10,12-13,15-16,22,24-25,28,35H,2-8,11,14,17-19H2,1H3,(H,33,36)/t22-,24-,25+,28-,31-/m0/s1. The van der Waals surface area contributed by atoms with Gasteiger partial charge in [0.2, 0.25) is 10.0 Å². The molecule has 0 radical (unpaired) electrons. The first-order valence-corrected chi connectivity index (χ1v) is 16.7. The second-order valence-corrected chi connectivity index (χ2v) is 14.7. The van der Waals surface area contributed by atoms with Gasteiger partial charge in [0.1, 0.15) is 5.75 Å². The Morgan fingerprint density at radius 1 is 1.12 bits per heavy atom. The van der Waals surface area contributed by atoms with Crippen LogP contribution in [-0.2, 0) is 21.9 Å². The maximum absolute atomic E-state index is 13.3. The molecule has 2 aromatic rings. The minimum atomic E-state index is -3.86. The number of benzene rings is 2. The van der Waals surface area contributed by atoms with Gasteiger partial charge in [0, 0.05) is 29.1 Å². The molecular weight excluding hydrogens is 548 g/mol. The van der Waals surface area contributed by atoms with Crippen molar-refractivity contribution in [2.75, 3.05) is 24.6 Å². The second-order valence-electron chi connectivity index (χ2n) is 12.3. The van der Waals surface area contributed by atoms with Crippen molar-refractivity contribution in [1.82, 2.24) is 4.72 Å². The lowest BCUT2D eigenvalue weighted by Crippen LogP contribution is -2.49. The summed E-state index contributed by atoms with van der Waals surface area (Å²) in [6.07, 6.45) is 6.57. The number of carbonyl (C=O) groups is 1. The lowest BCUT2D eigenvalue weighted by Gasteiger charge is -2.45. The van der Waals surface area contributed by atoms with Crippen LogP contribution in [0.4, 0.5) is 5.69 Å². The van der Waals surface area contributed by atoms with E-state index in [1.165, 1.54) is 11.1 Å². The van der Waals surface area contributed by atoms with Crippen molar-refractivity contribution in [1.29, 1.82) is 0 Å². The Labute approximate surface area is 242 Å². The smallest absolute Gasteiger partial charge is 0.264 e. The van der Waals surface area contributed by atoms with Gasteiger partial charge in [-0.15, -0.1) is 0 Å². The number of fused-ring (bicyclic) bond motifs is 4. The molecule has 1 fully saturated rings. The number of aryl methyl sites for hydroxylation is 1. The van der Waals surface area contributed by atoms with Crippen molar-refractivity contribution in [2.24, 2.45) is 11.8 Å². The first kappa shape index (κ1) is 27.9. The Balaban J connectivity index is 1.42. The predicted octanol–water partition coefficient (Wildman–Crippen LogP) is 5.22. The Kier molecular flexibility index (Phi) is 7.55. The van der Waals surface area contributed by atoms with E-state index >= 15 is 0 Å². The number of anilines is 1. The van der Waals surface area contributed by atoms with E-state index < -0.39 is 27.3 Å². The van der Waals surface area contributed by atoms with Crippen LogP contribution in [0.25, 0.3) is 0 Å². The summed E-state index contributed by atoms with van der Waals surface area (Å²) < 4.78 is 35.1. The molecule has 40 heavy (non-hydrogen) atoms. The number of aliphatic hydroxyl groups is 1. The fraction of sp³-hybridized carbons (Fsp3) is 0.581. The SMILES string of the molecule is CC[C@H]1CCC[C@H](O)[C@@H]2CC[C@H]2CN2C[C@@]3(CCCc4cc(Cl)ccc43)COc3ccc(cc32)C(=O)NS1(=O)=O. The van der Waals surface area contributed by atoms with Crippen LogP contribution in [0, 0.1) is 11.8 Å². The molecule has 5 atom stereocenters. The Morgan fingerprint density at radius 2 is 1.98 bits per heavy atom. The lowest BCUT2D eigenvalue weighted by molar-refractivity contribution is 0.00906. The normalized spacial score (nSPS) is 31.8. The van der Waals surface area contributed by atoms with Crippen molar-refractivity contribution in [2.45, 2.75) is 81.5 Å². The zero-order chi connectivity index (χ0) is 28.1. The Morgan fingerprint density at radius 3 is 2.75 bits per heavy atom. The molecule has 0 aromatic heterocycles. The summed E-state index contributed by atoms with van der Waals surface area (Å²) in [4.78, 5) is 15.6. The predicted molar refractivity (Wildman–Crippen MR) is 157 cm³/mol. The van der Waals surface area contributed by atoms with Crippen molar-refractivity contribution >= 4 is 33.2 Å². The summed E-state index contributed by atoms with van der Waals surface area (Å²) in [5, 5.41) is 11.2. The molecule has 6 rings (SSSR count). The van der Waals surface area contributed by atoms with Crippen molar-refractivity contribution in [3.8, 4) is 5.75 Å². The number of sulfonamides is 1. The third-order valence-corrected chi connectivity index (χ3v) is 12.0. The van der Waals surface area contributed by atoms with E-state index in [0.29, 0.717) is 49.5 Å². The van der Waals surface area contributed by atoms with Gasteiger partial charge in [-0.05, 0) is 111 Å². The number of nitrogens with one attached hydrogen (secondary N) is 1. The first-order valence-electron chi connectivity index (χ1n) is 14.7. The molecule has 0 unspecified atom stereocenters. The highest BCUT2D eigenvalue weighted by molar-refractivity contribution is 7.90. The van der Waals surface area contributed by atoms with Gasteiger partial charge in [-0.1, -0.05) is 24.6 Å². The number of ether oxygens (including phenoxy) is 1. The van der Waals surface area contributed by atoms with Crippen molar-refractivity contribution in [3.05, 3.63) is 58.1 Å². The quantitative estimate of drug-likeness (QED) is 0.475. The van der Waals surface area contributed by atoms with E-state index in [0.717, 1.165) is 55.9 Å². The number of amides is 1. The van der Waals surface area contributed by atoms with Gasteiger partial charge in [-0.25, -0.2) is 13.1 Å². The summed E-state index contributed by atoms with van der Waals surface area (Å²) in [5.74, 6) is 0.587. The van der Waals surface area contributed by atoms with Crippen molar-refractivity contribution in [3.63, 3.8) is 0 Å². The fourth-order valence-corrected chi connectivity index (χ4v) is 9.14. The van der Waals surface area contributed by atoms with Gasteiger partial charge in [-0.2, -0.15) is 0 Å². The zero-order valence-electron chi connectivity index (χ0n) is 23.1. The van der Waals surface area contributed by atoms with Crippen LogP contribution in [0.5, 0.6) is 5.75 Å². The Bertz CT molecular complexity index is 1400. The molecule has 2 bridgehead atoms. The third-order valence-electron chi connectivity index (χ3n) is 9.88. The molecule has 216 valence electrons. The van der Waals surface area contributed by atoms with E-state index in [1.54, 1.807) is 18.2 Å². The lowest BCUT2D eigenvalue weighted by atomic mass is 9.68. The minimum absolute atomic E-state index is 0.186. The van der Waals surface area contributed by atoms with Gasteiger partial charge < -0.3 is 14.7 Å². The number of rotatable bonds is 1. The molecule has 1 spiro atoms. The second kappa shape index (κ2) is 10.8. The summed E-state index contributed by atoms with van der Waals surface area (Å²) in [6.45, 7) is 3.81. The highest BCUT2D eigenvalue weighted by Crippen LogP contribution is 2.47. The molecular formula is C31H39ClN2O5S. The molecule has 2 aliphatic heterocycles. The number of hydrogen-bond donors (Lipinski definition) is 2. The van der Waals surface area contributed by atoms with Gasteiger partial charge in [0.05, 0.1) is 23.6 Å². The summed E-state index contributed by atoms with van der Waals surface area (Å²) >= 11 is 6.37. The van der Waals surface area contributed by atoms with E-state index in [1.807, 2.05) is 13.0 Å². The molecule has 0 saturated heterocycles. The first-order chi connectivity index (χ1) is 19.2. The summed E-state index contributed by atoms with van der Waals surface area (Å²) in [7, 11) is -3.86. The summed E-state index contributed by atoms with van der Waals surface area (Å²) in [5.41, 5.74) is 3.41. The van der Waals surface area contributed by atoms with Gasteiger partial charge in [0.15, 0.2) is 0 Å². The minimum Gasteiger partial charge on any atom is -0.490 e. The van der Waals surface area contributed by atoms with Crippen LogP contribution < -0.4 is 14.4 Å². The number of halogens is 1. The third kappa shape index (κ3) is 5.12. The number of hydrogen-bond acceptors (Lipinski definition) is 6.